The van der Waals surface area contributed by atoms with Crippen molar-refractivity contribution < 1.29 is 19.0 Å². The van der Waals surface area contributed by atoms with Crippen LogP contribution in [0.3, 0.4) is 0 Å². The molecular weight excluding hydrogens is 422 g/mol. The topological polar surface area (TPSA) is 97.8 Å². The first-order valence-corrected chi connectivity index (χ1v) is 11.1. The highest BCUT2D eigenvalue weighted by Gasteiger charge is 2.22. The van der Waals surface area contributed by atoms with Crippen LogP contribution in [0.1, 0.15) is 24.0 Å². The number of carbonyl (C=O) groups is 1. The van der Waals surface area contributed by atoms with Crippen LogP contribution in [-0.4, -0.2) is 53.9 Å². The number of aromatic nitrogens is 2. The van der Waals surface area contributed by atoms with E-state index >= 15 is 0 Å². The van der Waals surface area contributed by atoms with Crippen LogP contribution in [0.25, 0.3) is 11.0 Å². The summed E-state index contributed by atoms with van der Waals surface area (Å²) < 4.78 is 16.2. The Morgan fingerprint density at radius 2 is 1.91 bits per heavy atom. The minimum absolute atomic E-state index is 0.0969. The molecule has 33 heavy (non-hydrogen) atoms. The summed E-state index contributed by atoms with van der Waals surface area (Å²) in [7, 11) is 1.52. The molecule has 172 valence electrons. The van der Waals surface area contributed by atoms with E-state index in [1.165, 1.54) is 12.7 Å². The number of benzene rings is 2. The molecule has 2 amide bonds. The summed E-state index contributed by atoms with van der Waals surface area (Å²) in [5, 5.41) is 5.87. The van der Waals surface area contributed by atoms with Gasteiger partial charge in [-0.1, -0.05) is 12.1 Å². The van der Waals surface area contributed by atoms with Crippen molar-refractivity contribution in [3.05, 3.63) is 47.5 Å². The lowest BCUT2D eigenvalue weighted by atomic mass is 10.0. The molecule has 3 aromatic rings. The van der Waals surface area contributed by atoms with Crippen molar-refractivity contribution in [3.8, 4) is 17.4 Å². The van der Waals surface area contributed by atoms with Gasteiger partial charge in [0.1, 0.15) is 0 Å². The van der Waals surface area contributed by atoms with E-state index in [0.29, 0.717) is 17.2 Å². The van der Waals surface area contributed by atoms with Crippen LogP contribution in [0.15, 0.2) is 36.4 Å². The summed E-state index contributed by atoms with van der Waals surface area (Å²) in [6.07, 6.45) is 1.75. The number of ether oxygens (including phenoxy) is 3. The average molecular weight is 450 g/mol. The number of urea groups is 1. The fourth-order valence-corrected chi connectivity index (χ4v) is 4.23. The second kappa shape index (κ2) is 9.11. The molecule has 2 aliphatic rings. The fourth-order valence-electron chi connectivity index (χ4n) is 4.23. The Kier molecular flexibility index (Phi) is 5.87. The van der Waals surface area contributed by atoms with Gasteiger partial charge < -0.3 is 19.5 Å². The number of nitrogens with zero attached hydrogens (tertiary/aromatic N) is 3. The van der Waals surface area contributed by atoms with E-state index in [1.54, 1.807) is 0 Å². The van der Waals surface area contributed by atoms with E-state index in [1.807, 2.05) is 37.3 Å². The average Bonchev–Trinajstić information content (AvgIpc) is 3.28. The second-order valence-corrected chi connectivity index (χ2v) is 8.41. The number of carbonyl (C=O) groups excluding carboxylic acids is 1. The zero-order valence-electron chi connectivity index (χ0n) is 18.8. The van der Waals surface area contributed by atoms with Gasteiger partial charge in [0.05, 0.1) is 18.1 Å². The highest BCUT2D eigenvalue weighted by molar-refractivity contribution is 5.91. The molecule has 1 aromatic heterocycles. The van der Waals surface area contributed by atoms with Crippen LogP contribution in [0.4, 0.5) is 10.6 Å². The zero-order chi connectivity index (χ0) is 22.8. The SMILES string of the molecule is COc1nc2ccc(C)cc2nc1NC(=O)NC1CCN(Cc2ccc3c(c2)OCO3)CC1. The lowest BCUT2D eigenvalue weighted by molar-refractivity contribution is 0.173. The maximum atomic E-state index is 12.6. The van der Waals surface area contributed by atoms with Crippen molar-refractivity contribution in [2.75, 3.05) is 32.3 Å². The van der Waals surface area contributed by atoms with Crippen LogP contribution in [0.5, 0.6) is 17.4 Å². The van der Waals surface area contributed by atoms with Gasteiger partial charge in [0, 0.05) is 25.7 Å². The van der Waals surface area contributed by atoms with Crippen molar-refractivity contribution in [2.45, 2.75) is 32.4 Å². The molecular formula is C24H27N5O4. The fraction of sp³-hybridized carbons (Fsp3) is 0.375. The van der Waals surface area contributed by atoms with Gasteiger partial charge in [-0.15, -0.1) is 0 Å². The summed E-state index contributed by atoms with van der Waals surface area (Å²) in [5.74, 6) is 2.21. The van der Waals surface area contributed by atoms with E-state index < -0.39 is 0 Å². The number of hydrogen-bond acceptors (Lipinski definition) is 7. The highest BCUT2D eigenvalue weighted by Crippen LogP contribution is 2.33. The number of fused-ring (bicyclic) bond motifs is 2. The first-order valence-electron chi connectivity index (χ1n) is 11.1. The summed E-state index contributed by atoms with van der Waals surface area (Å²) in [5.41, 5.74) is 3.70. The van der Waals surface area contributed by atoms with Gasteiger partial charge in [0.15, 0.2) is 17.3 Å². The van der Waals surface area contributed by atoms with Gasteiger partial charge in [0.2, 0.25) is 6.79 Å². The molecule has 0 unspecified atom stereocenters. The van der Waals surface area contributed by atoms with E-state index in [0.717, 1.165) is 55.1 Å². The summed E-state index contributed by atoms with van der Waals surface area (Å²) >= 11 is 0. The van der Waals surface area contributed by atoms with Crippen LogP contribution in [0, 0.1) is 6.92 Å². The molecule has 0 radical (unpaired) electrons. The number of piperidine rings is 1. The molecule has 2 N–H and O–H groups in total. The number of nitrogens with one attached hydrogen (secondary N) is 2. The monoisotopic (exact) mass is 449 g/mol. The number of rotatable bonds is 5. The predicted molar refractivity (Wildman–Crippen MR) is 124 cm³/mol. The molecule has 9 heteroatoms. The van der Waals surface area contributed by atoms with Crippen LogP contribution in [-0.2, 0) is 6.54 Å². The molecule has 0 atom stereocenters. The van der Waals surface area contributed by atoms with E-state index in [9.17, 15) is 4.79 Å². The van der Waals surface area contributed by atoms with Gasteiger partial charge in [0.25, 0.3) is 5.88 Å². The van der Waals surface area contributed by atoms with Crippen LogP contribution >= 0.6 is 0 Å². The maximum Gasteiger partial charge on any atom is 0.320 e. The highest BCUT2D eigenvalue weighted by atomic mass is 16.7. The third-order valence-electron chi connectivity index (χ3n) is 5.98. The van der Waals surface area contributed by atoms with Gasteiger partial charge in [-0.25, -0.2) is 14.8 Å². The van der Waals surface area contributed by atoms with Crippen molar-refractivity contribution in [1.29, 1.82) is 0 Å². The lowest BCUT2D eigenvalue weighted by Gasteiger charge is -2.32. The molecule has 9 nitrogen and oxygen atoms in total. The molecule has 0 saturated carbocycles. The minimum atomic E-state index is -0.302. The number of aryl methyl sites for hydroxylation is 1. The summed E-state index contributed by atoms with van der Waals surface area (Å²) in [6, 6.07) is 11.7. The minimum Gasteiger partial charge on any atom is -0.478 e. The number of likely N-dealkylation sites (tertiary alicyclic amines) is 1. The number of methoxy groups -OCH3 is 1. The van der Waals surface area contributed by atoms with Crippen molar-refractivity contribution in [1.82, 2.24) is 20.2 Å². The van der Waals surface area contributed by atoms with Gasteiger partial charge in [-0.2, -0.15) is 0 Å². The molecule has 1 fully saturated rings. The van der Waals surface area contributed by atoms with Crippen LogP contribution in [0.2, 0.25) is 0 Å². The van der Waals surface area contributed by atoms with E-state index in [2.05, 4.69) is 31.6 Å². The number of hydrogen-bond donors (Lipinski definition) is 2. The molecule has 0 bridgehead atoms. The smallest absolute Gasteiger partial charge is 0.320 e. The third kappa shape index (κ3) is 4.78. The Bertz CT molecular complexity index is 1180. The maximum absolute atomic E-state index is 12.6. The van der Waals surface area contributed by atoms with Gasteiger partial charge in [-0.3, -0.25) is 10.2 Å². The molecule has 0 aliphatic carbocycles. The Balaban J connectivity index is 1.15. The third-order valence-corrected chi connectivity index (χ3v) is 5.98. The normalized spacial score (nSPS) is 16.1. The first kappa shape index (κ1) is 21.3. The Morgan fingerprint density at radius 1 is 1.09 bits per heavy atom. The largest absolute Gasteiger partial charge is 0.478 e. The van der Waals surface area contributed by atoms with E-state index in [4.69, 9.17) is 14.2 Å². The summed E-state index contributed by atoms with van der Waals surface area (Å²) in [4.78, 5) is 24.0. The van der Waals surface area contributed by atoms with E-state index in [-0.39, 0.29) is 18.9 Å². The standard InChI is InChI=1S/C24H27N5O4/c1-15-3-5-18-19(11-15)26-22(23(27-18)31-2)28-24(30)25-17-7-9-29(10-8-17)13-16-4-6-20-21(12-16)33-14-32-20/h3-6,11-12,17H,7-10,13-14H2,1-2H3,(H2,25,26,28,30). The Morgan fingerprint density at radius 3 is 2.73 bits per heavy atom. The molecule has 1 saturated heterocycles. The summed E-state index contributed by atoms with van der Waals surface area (Å²) in [6.45, 7) is 4.92. The van der Waals surface area contributed by atoms with Crippen molar-refractivity contribution in [2.24, 2.45) is 0 Å². The number of amides is 2. The van der Waals surface area contributed by atoms with Gasteiger partial charge in [-0.05, 0) is 55.2 Å². The van der Waals surface area contributed by atoms with Crippen molar-refractivity contribution >= 4 is 22.9 Å². The quantitative estimate of drug-likeness (QED) is 0.616. The van der Waals surface area contributed by atoms with Crippen molar-refractivity contribution in [3.63, 3.8) is 0 Å². The molecule has 3 heterocycles. The lowest BCUT2D eigenvalue weighted by Crippen LogP contribution is -2.45. The molecule has 5 rings (SSSR count). The van der Waals surface area contributed by atoms with Gasteiger partial charge >= 0.3 is 6.03 Å². The molecule has 2 aromatic carbocycles. The Hall–Kier alpha value is -3.59. The van der Waals surface area contributed by atoms with Crippen LogP contribution < -0.4 is 24.8 Å². The Labute approximate surface area is 192 Å². The predicted octanol–water partition coefficient (Wildman–Crippen LogP) is 3.46. The zero-order valence-corrected chi connectivity index (χ0v) is 18.8. The second-order valence-electron chi connectivity index (χ2n) is 8.41. The number of anilines is 1. The first-order chi connectivity index (χ1) is 16.1. The molecule has 0 spiro atoms. The molecule has 2 aliphatic heterocycles.